The molecule has 0 aliphatic carbocycles. The van der Waals surface area contributed by atoms with Crippen molar-refractivity contribution in [1.29, 1.82) is 0 Å². The van der Waals surface area contributed by atoms with Crippen LogP contribution in [0.25, 0.3) is 20.8 Å². The first kappa shape index (κ1) is 23.6. The van der Waals surface area contributed by atoms with Crippen LogP contribution in [0.5, 0.6) is 0 Å². The Morgan fingerprint density at radius 2 is 2.08 bits per heavy atom. The Morgan fingerprint density at radius 3 is 2.81 bits per heavy atom. The highest BCUT2D eigenvalue weighted by Crippen LogP contribution is 2.47. The molecule has 0 bridgehead atoms. The number of hydrogen-bond acceptors (Lipinski definition) is 8. The van der Waals surface area contributed by atoms with Gasteiger partial charge in [-0.05, 0) is 30.0 Å². The number of nitrogens with one attached hydrogen (secondary N) is 4. The van der Waals surface area contributed by atoms with E-state index in [2.05, 4.69) is 31.4 Å². The average molecular weight is 525 g/mol. The van der Waals surface area contributed by atoms with E-state index >= 15 is 0 Å². The quantitative estimate of drug-likeness (QED) is 0.380. The maximum absolute atomic E-state index is 14.4. The Hall–Kier alpha value is -2.77. The Kier molecular flexibility index (Phi) is 5.68. The second kappa shape index (κ2) is 8.67. The summed E-state index contributed by atoms with van der Waals surface area (Å²) in [6.45, 7) is 2.10. The molecule has 8 nitrogen and oxygen atoms in total. The van der Waals surface area contributed by atoms with E-state index in [0.29, 0.717) is 48.2 Å². The van der Waals surface area contributed by atoms with Crippen LogP contribution in [0.2, 0.25) is 0 Å². The zero-order valence-corrected chi connectivity index (χ0v) is 19.9. The number of alkyl halides is 4. The Labute approximate surface area is 207 Å². The molecule has 3 aliphatic rings. The van der Waals surface area contributed by atoms with E-state index in [1.807, 2.05) is 0 Å². The lowest BCUT2D eigenvalue weighted by molar-refractivity contribution is -0.127. The number of fused-ring (bicyclic) bond motifs is 1. The van der Waals surface area contributed by atoms with Gasteiger partial charge in [0, 0.05) is 31.5 Å². The Bertz CT molecular complexity index is 1300. The zero-order chi connectivity index (χ0) is 25.1. The van der Waals surface area contributed by atoms with Crippen LogP contribution < -0.4 is 21.3 Å². The highest BCUT2D eigenvalue weighted by atomic mass is 32.1. The largest absolute Gasteiger partial charge is 0.393 e. The zero-order valence-electron chi connectivity index (χ0n) is 19.0. The number of hydrogen-bond donors (Lipinski definition) is 4. The van der Waals surface area contributed by atoms with Crippen LogP contribution in [-0.4, -0.2) is 60.6 Å². The summed E-state index contributed by atoms with van der Waals surface area (Å²) in [6.07, 6.45) is -5.85. The first-order valence-electron chi connectivity index (χ1n) is 11.8. The van der Waals surface area contributed by atoms with Crippen molar-refractivity contribution >= 4 is 33.0 Å². The molecular formula is C23H24F4N6O2S. The molecular weight excluding hydrogens is 500 g/mol. The highest BCUT2D eigenvalue weighted by molar-refractivity contribution is 7.23. The first-order valence-corrected chi connectivity index (χ1v) is 12.6. The summed E-state index contributed by atoms with van der Waals surface area (Å²) in [5.74, 6) is 0.104. The van der Waals surface area contributed by atoms with Crippen LogP contribution in [0.15, 0.2) is 22.7 Å². The molecule has 3 atom stereocenters. The minimum atomic E-state index is -4.46. The van der Waals surface area contributed by atoms with Crippen molar-refractivity contribution in [3.05, 3.63) is 29.7 Å². The lowest BCUT2D eigenvalue weighted by Gasteiger charge is -2.41. The summed E-state index contributed by atoms with van der Waals surface area (Å²) in [5.41, 5.74) is 0.258. The molecule has 2 aromatic heterocycles. The normalized spacial score (nSPS) is 25.8. The number of benzene rings is 1. The number of halogens is 4. The van der Waals surface area contributed by atoms with Crippen molar-refractivity contribution in [2.45, 2.75) is 43.7 Å². The smallest absolute Gasteiger partial charge is 0.378 e. The van der Waals surface area contributed by atoms with E-state index in [1.165, 1.54) is 0 Å². The third-order valence-corrected chi connectivity index (χ3v) is 8.50. The standard InChI is InChI=1S/C23H24F4N6O2S/c24-13-8-28-5-4-14(13)30-15-3-1-2-11-12(6-23(25,26)27)18(36-17(11)15)20-32-21(35-33-20)19-22(9-29-10-22)7-16(34)31-19/h1-3,13-14,19,28-30H,4-10H2,(H,31,34)/t13-,14+,19?/m0/s1. The predicted octanol–water partition coefficient (Wildman–Crippen LogP) is 3.32. The van der Waals surface area contributed by atoms with Crippen LogP contribution in [0.3, 0.4) is 0 Å². The van der Waals surface area contributed by atoms with Crippen LogP contribution in [0, 0.1) is 5.41 Å². The fraction of sp³-hybridized carbons (Fsp3) is 0.522. The van der Waals surface area contributed by atoms with E-state index in [0.717, 1.165) is 11.3 Å². The van der Waals surface area contributed by atoms with Crippen LogP contribution in [0.4, 0.5) is 23.2 Å². The van der Waals surface area contributed by atoms with Gasteiger partial charge in [-0.3, -0.25) is 4.79 Å². The summed E-state index contributed by atoms with van der Waals surface area (Å²) in [5, 5.41) is 16.7. The predicted molar refractivity (Wildman–Crippen MR) is 125 cm³/mol. The molecule has 3 aliphatic heterocycles. The molecule has 3 saturated heterocycles. The maximum atomic E-state index is 14.4. The lowest BCUT2D eigenvalue weighted by atomic mass is 9.75. The van der Waals surface area contributed by atoms with E-state index in [-0.39, 0.29) is 40.0 Å². The van der Waals surface area contributed by atoms with Gasteiger partial charge in [-0.15, -0.1) is 11.3 Å². The monoisotopic (exact) mass is 524 g/mol. The van der Waals surface area contributed by atoms with Crippen molar-refractivity contribution in [2.75, 3.05) is 31.5 Å². The lowest BCUT2D eigenvalue weighted by Crippen LogP contribution is -2.55. The van der Waals surface area contributed by atoms with E-state index in [4.69, 9.17) is 4.52 Å². The maximum Gasteiger partial charge on any atom is 0.393 e. The number of nitrogens with zero attached hydrogens (tertiary/aromatic N) is 2. The number of thiophene rings is 1. The number of rotatable bonds is 5. The molecule has 0 radical (unpaired) electrons. The average Bonchev–Trinajstić information content (AvgIpc) is 3.50. The summed E-state index contributed by atoms with van der Waals surface area (Å²) < 4.78 is 61.4. The number of piperidine rings is 1. The third-order valence-electron chi connectivity index (χ3n) is 7.22. The first-order chi connectivity index (χ1) is 17.2. The van der Waals surface area contributed by atoms with Crippen molar-refractivity contribution < 1.29 is 26.9 Å². The molecule has 3 aromatic rings. The third kappa shape index (κ3) is 4.12. The van der Waals surface area contributed by atoms with Gasteiger partial charge < -0.3 is 25.8 Å². The summed E-state index contributed by atoms with van der Waals surface area (Å²) >= 11 is 1.12. The molecule has 3 fully saturated rings. The minimum Gasteiger partial charge on any atom is -0.378 e. The van der Waals surface area contributed by atoms with Gasteiger partial charge in [0.05, 0.1) is 27.7 Å². The molecule has 5 heterocycles. The van der Waals surface area contributed by atoms with Crippen molar-refractivity contribution in [2.24, 2.45) is 5.41 Å². The number of amides is 1. The fourth-order valence-electron chi connectivity index (χ4n) is 5.35. The van der Waals surface area contributed by atoms with Gasteiger partial charge in [0.2, 0.25) is 17.6 Å². The van der Waals surface area contributed by atoms with Gasteiger partial charge in [0.1, 0.15) is 12.2 Å². The van der Waals surface area contributed by atoms with Gasteiger partial charge in [-0.1, -0.05) is 17.3 Å². The van der Waals surface area contributed by atoms with Gasteiger partial charge in [-0.25, -0.2) is 4.39 Å². The second-order valence-electron chi connectivity index (χ2n) is 9.74. The number of aromatic nitrogens is 2. The number of anilines is 1. The Morgan fingerprint density at radius 1 is 1.25 bits per heavy atom. The highest BCUT2D eigenvalue weighted by Gasteiger charge is 2.54. The molecule has 13 heteroatoms. The van der Waals surface area contributed by atoms with Crippen molar-refractivity contribution in [1.82, 2.24) is 26.1 Å². The second-order valence-corrected chi connectivity index (χ2v) is 10.8. The summed E-state index contributed by atoms with van der Waals surface area (Å²) in [6, 6.07) is 4.11. The molecule has 1 spiro atoms. The molecule has 6 rings (SSSR count). The van der Waals surface area contributed by atoms with Crippen LogP contribution in [0.1, 0.15) is 30.3 Å². The van der Waals surface area contributed by atoms with Crippen molar-refractivity contribution in [3.63, 3.8) is 0 Å². The number of carbonyl (C=O) groups excluding carboxylic acids is 1. The molecule has 192 valence electrons. The summed E-state index contributed by atoms with van der Waals surface area (Å²) in [4.78, 5) is 16.8. The Balaban J connectivity index is 1.40. The molecule has 0 saturated carbocycles. The van der Waals surface area contributed by atoms with Gasteiger partial charge in [0.25, 0.3) is 0 Å². The minimum absolute atomic E-state index is 0.0465. The molecule has 4 N–H and O–H groups in total. The van der Waals surface area contributed by atoms with E-state index in [9.17, 15) is 22.4 Å². The van der Waals surface area contributed by atoms with E-state index in [1.54, 1.807) is 18.2 Å². The van der Waals surface area contributed by atoms with Gasteiger partial charge in [-0.2, -0.15) is 18.2 Å². The SMILES string of the molecule is O=C1CC2(CNC2)C(c2nc(-c3sc4c(N[C@@H]5CCNC[C@@H]5F)cccc4c3CC(F)(F)F)no2)N1. The van der Waals surface area contributed by atoms with Crippen LogP contribution in [-0.2, 0) is 11.2 Å². The molecule has 1 amide bonds. The van der Waals surface area contributed by atoms with Crippen LogP contribution >= 0.6 is 11.3 Å². The van der Waals surface area contributed by atoms with Gasteiger partial charge in [0.15, 0.2) is 0 Å². The topological polar surface area (TPSA) is 104 Å². The molecule has 1 aromatic carbocycles. The van der Waals surface area contributed by atoms with Gasteiger partial charge >= 0.3 is 6.18 Å². The molecule has 36 heavy (non-hydrogen) atoms. The van der Waals surface area contributed by atoms with E-state index < -0.39 is 30.9 Å². The molecule has 1 unspecified atom stereocenters. The fourth-order valence-corrected chi connectivity index (χ4v) is 6.58. The summed E-state index contributed by atoms with van der Waals surface area (Å²) in [7, 11) is 0. The van der Waals surface area contributed by atoms with Crippen molar-refractivity contribution in [3.8, 4) is 10.7 Å². The number of carbonyl (C=O) groups is 1.